The fraction of sp³-hybridized carbons (Fsp3) is 0.370. The molecule has 3 aliphatic rings. The number of pyridine rings is 4. The first kappa shape index (κ1) is 115. The van der Waals surface area contributed by atoms with Crippen LogP contribution in [-0.4, -0.2) is 110 Å². The second kappa shape index (κ2) is 68.7. The average Bonchev–Trinajstić information content (AvgIpc) is 0.910. The maximum Gasteiger partial charge on any atom is 0.219 e. The molecule has 0 amide bonds. The molecule has 16 nitrogen and oxygen atoms in total. The number of halogens is 2. The minimum Gasteiger partial charge on any atom is -0.489 e. The van der Waals surface area contributed by atoms with Gasteiger partial charge in [0, 0.05) is 88.1 Å². The van der Waals surface area contributed by atoms with Gasteiger partial charge in [0.15, 0.2) is 0 Å². The van der Waals surface area contributed by atoms with Crippen molar-refractivity contribution in [1.29, 1.82) is 0 Å². The van der Waals surface area contributed by atoms with Gasteiger partial charge < -0.3 is 52.2 Å². The second-order valence-corrected chi connectivity index (χ2v) is 34.4. The number of alkyl halides is 2. The SMILES string of the molecule is CC.CC(C)c1ccc(CN2CCOCC2)nc1.CC(C)c1ccc(OC2CCOCC2)cn1.CC(C)c1ccc(OC2CCOCC2)nc1.CC(C)c1ccc(Oc2ccccc2)cc1.CC(C)c1ccc(Oc2ccccc2)cc1.CC(C)c1ccc(Oc2ccccc2)cc1.CC(C)c1ccc(Oc2ccccc2)cc1.CC(C)c1ccc(Oc2ccccn2)cc1.CCl.CF.[C-]#[N+]C. The number of rotatable bonds is 24. The molecule has 7 heterocycles. The van der Waals surface area contributed by atoms with Gasteiger partial charge in [-0.25, -0.2) is 16.5 Å². The lowest BCUT2D eigenvalue weighted by Gasteiger charge is -2.26. The Morgan fingerprint density at radius 1 is 0.307 bits per heavy atom. The molecule has 9 aromatic carbocycles. The first-order valence-electron chi connectivity index (χ1n) is 48.1. The fourth-order valence-corrected chi connectivity index (χ4v) is 13.0. The van der Waals surface area contributed by atoms with Gasteiger partial charge in [-0.1, -0.05) is 276 Å². The predicted octanol–water partition coefficient (Wildman–Crippen LogP) is 33.0. The molecule has 0 radical (unpaired) electrons. The third-order valence-corrected chi connectivity index (χ3v) is 21.2. The van der Waals surface area contributed by atoms with Crippen LogP contribution in [0, 0.1) is 6.57 Å². The van der Waals surface area contributed by atoms with E-state index in [1.54, 1.807) is 6.20 Å². The van der Waals surface area contributed by atoms with Crippen molar-refractivity contribution in [2.24, 2.45) is 0 Å². The molecule has 0 aliphatic carbocycles. The summed E-state index contributed by atoms with van der Waals surface area (Å²) in [5.74, 6) is 14.4. The molecule has 3 fully saturated rings. The van der Waals surface area contributed by atoms with Crippen LogP contribution in [0.5, 0.6) is 69.3 Å². The van der Waals surface area contributed by atoms with E-state index < -0.39 is 0 Å². The fourth-order valence-electron chi connectivity index (χ4n) is 13.0. The number of hydrogen-bond acceptors (Lipinski definition) is 15. The molecule has 0 saturated carbocycles. The number of para-hydroxylation sites is 4. The summed E-state index contributed by atoms with van der Waals surface area (Å²) in [5.41, 5.74) is 11.5. The lowest BCUT2D eigenvalue weighted by atomic mass is 10.0. The maximum absolute atomic E-state index is 9.50. The lowest BCUT2D eigenvalue weighted by Crippen LogP contribution is -2.35. The van der Waals surface area contributed by atoms with E-state index in [4.69, 9.17) is 53.9 Å². The van der Waals surface area contributed by atoms with E-state index in [0.717, 1.165) is 160 Å². The third kappa shape index (κ3) is 47.9. The van der Waals surface area contributed by atoms with Crippen molar-refractivity contribution >= 4 is 11.6 Å². The molecular weight excluding hydrogens is 1730 g/mol. The van der Waals surface area contributed by atoms with Crippen molar-refractivity contribution in [2.45, 2.75) is 216 Å². The van der Waals surface area contributed by atoms with Gasteiger partial charge in [-0.2, -0.15) is 0 Å². The summed E-state index contributed by atoms with van der Waals surface area (Å²) in [6, 6.07) is 98.5. The molecule has 0 unspecified atom stereocenters. The van der Waals surface area contributed by atoms with Crippen molar-refractivity contribution in [3.8, 4) is 69.3 Å². The first-order valence-corrected chi connectivity index (χ1v) is 48.9. The highest BCUT2D eigenvalue weighted by molar-refractivity contribution is 6.15. The van der Waals surface area contributed by atoms with E-state index in [1.165, 1.54) is 52.4 Å². The van der Waals surface area contributed by atoms with Gasteiger partial charge in [-0.15, -0.1) is 11.6 Å². The Morgan fingerprint density at radius 2 is 0.591 bits per heavy atom. The largest absolute Gasteiger partial charge is 0.489 e. The maximum atomic E-state index is 9.50. The number of morpholine rings is 1. The Hall–Kier alpha value is -12.3. The van der Waals surface area contributed by atoms with Gasteiger partial charge in [0.1, 0.15) is 69.7 Å². The van der Waals surface area contributed by atoms with E-state index in [2.05, 4.69) is 231 Å². The Labute approximate surface area is 825 Å². The van der Waals surface area contributed by atoms with Gasteiger partial charge in [-0.05, 0) is 220 Å². The Morgan fingerprint density at radius 3 is 0.869 bits per heavy atom. The highest BCUT2D eigenvalue weighted by Crippen LogP contribution is 2.31. The lowest BCUT2D eigenvalue weighted by molar-refractivity contribution is 0.0237. The van der Waals surface area contributed by atoms with Crippen molar-refractivity contribution in [3.63, 3.8) is 0 Å². The van der Waals surface area contributed by atoms with E-state index in [-0.39, 0.29) is 6.10 Å². The van der Waals surface area contributed by atoms with E-state index >= 15 is 0 Å². The number of hydrogen-bond donors (Lipinski definition) is 0. The monoisotopic (exact) mass is 1880 g/mol. The summed E-state index contributed by atoms with van der Waals surface area (Å²) < 4.78 is 65.5. The van der Waals surface area contributed by atoms with Crippen LogP contribution in [0.1, 0.15) is 248 Å². The van der Waals surface area contributed by atoms with Gasteiger partial charge in [0.25, 0.3) is 0 Å². The highest BCUT2D eigenvalue weighted by Gasteiger charge is 2.19. The molecule has 3 saturated heterocycles. The Balaban J connectivity index is 0.000000273. The van der Waals surface area contributed by atoms with Crippen LogP contribution < -0.4 is 33.2 Å². The zero-order valence-electron chi connectivity index (χ0n) is 85.1. The van der Waals surface area contributed by atoms with Crippen molar-refractivity contribution < 1.29 is 51.8 Å². The molecular formula is C119H152ClFN6O10. The number of aromatic nitrogens is 4. The zero-order chi connectivity index (χ0) is 99.8. The molecule has 4 aromatic heterocycles. The van der Waals surface area contributed by atoms with Crippen LogP contribution >= 0.6 is 11.6 Å². The zero-order valence-corrected chi connectivity index (χ0v) is 85.8. The van der Waals surface area contributed by atoms with Crippen molar-refractivity contribution in [3.05, 3.63) is 384 Å². The predicted molar refractivity (Wildman–Crippen MR) is 566 cm³/mol. The number of nitrogens with zero attached hydrogens (tertiary/aromatic N) is 6. The molecule has 0 spiro atoms. The van der Waals surface area contributed by atoms with E-state index in [9.17, 15) is 4.39 Å². The average molecular weight is 1880 g/mol. The van der Waals surface area contributed by atoms with Crippen LogP contribution in [0.3, 0.4) is 0 Å². The topological polar surface area (TPSA) is 151 Å². The van der Waals surface area contributed by atoms with Crippen LogP contribution in [0.2, 0.25) is 0 Å². The molecule has 13 aromatic rings. The first-order chi connectivity index (χ1) is 66.4. The van der Waals surface area contributed by atoms with Crippen LogP contribution in [-0.2, 0) is 20.8 Å². The van der Waals surface area contributed by atoms with Crippen LogP contribution in [0.15, 0.2) is 322 Å². The smallest absolute Gasteiger partial charge is 0.219 e. The summed E-state index contributed by atoms with van der Waals surface area (Å²) in [7, 11) is 1.92. The van der Waals surface area contributed by atoms with Crippen LogP contribution in [0.4, 0.5) is 4.39 Å². The Bertz CT molecular complexity index is 4490. The van der Waals surface area contributed by atoms with Crippen molar-refractivity contribution in [1.82, 2.24) is 24.8 Å². The van der Waals surface area contributed by atoms with Crippen molar-refractivity contribution in [2.75, 3.05) is 73.3 Å². The summed E-state index contributed by atoms with van der Waals surface area (Å²) in [5, 5.41) is 0. The number of ether oxygens (including phenoxy) is 10. The molecule has 16 rings (SSSR count). The van der Waals surface area contributed by atoms with Gasteiger partial charge in [0.05, 0.1) is 58.7 Å². The third-order valence-electron chi connectivity index (χ3n) is 21.2. The van der Waals surface area contributed by atoms with Gasteiger partial charge >= 0.3 is 0 Å². The standard InChI is InChI=1S/4C15H16O.C14H15NO.C13H20N2O.2C13H19NO2.C2H3N.C2H6.CH3Cl.CH3F/c4*1-12(2)13-8-10-15(11-9-13)16-14-6-4-3-5-7-14;1-11(2)12-6-8-13(9-7-12)16-14-5-3-4-10-15-14;1-11(2)12-3-4-13(14-9-12)10-15-5-7-16-8-6-15;1-10(2)13-4-3-12(9-14-13)16-11-5-7-15-8-6-11;1-10(2)11-3-4-13(14-9-11)16-12-5-7-15-8-6-12;1-3-2;3*1-2/h4*3-12H,1-2H3;3-11H,1-2H3;3-4,9,11H,5-8,10H2,1-2H3;3-4,9-11H,5-8H2,1-2H3;3-4,9-10,12H,5-8H2,1-2H3;1H3;1-2H3;2*1H3. The quantitative estimate of drug-likeness (QED) is 0.0416. The van der Waals surface area contributed by atoms with Crippen LogP contribution in [0.25, 0.3) is 4.85 Å². The number of benzene rings is 9. The van der Waals surface area contributed by atoms with E-state index in [0.29, 0.717) is 66.5 Å². The summed E-state index contributed by atoms with van der Waals surface area (Å²) in [6.07, 6.45) is 13.4. The molecule has 0 atom stereocenters. The molecule has 3 aliphatic heterocycles. The summed E-state index contributed by atoms with van der Waals surface area (Å²) in [6.45, 7) is 52.6. The summed E-state index contributed by atoms with van der Waals surface area (Å²) in [4.78, 5) is 22.5. The van der Waals surface area contributed by atoms with Gasteiger partial charge in [0.2, 0.25) is 18.8 Å². The van der Waals surface area contributed by atoms with Gasteiger partial charge in [-0.3, -0.25) is 19.3 Å². The molecule has 0 bridgehead atoms. The normalized spacial score (nSPS) is 12.5. The molecule has 732 valence electrons. The Kier molecular flexibility index (Phi) is 57.8. The highest BCUT2D eigenvalue weighted by atomic mass is 35.5. The minimum atomic E-state index is 0.270. The minimum absolute atomic E-state index is 0.270. The van der Waals surface area contributed by atoms with E-state index in [1.807, 2.05) is 251 Å². The molecule has 0 N–H and O–H groups in total. The summed E-state index contributed by atoms with van der Waals surface area (Å²) >= 11 is 4.64. The second-order valence-electron chi connectivity index (χ2n) is 34.4. The molecule has 18 heteroatoms. The molecule has 137 heavy (non-hydrogen) atoms.